The van der Waals surface area contributed by atoms with Gasteiger partial charge in [-0.3, -0.25) is 14.4 Å². The highest BCUT2D eigenvalue weighted by molar-refractivity contribution is 5.95. The van der Waals surface area contributed by atoms with E-state index in [2.05, 4.69) is 4.98 Å². The summed E-state index contributed by atoms with van der Waals surface area (Å²) in [6.07, 6.45) is 4.08. The van der Waals surface area contributed by atoms with E-state index < -0.39 is 11.0 Å². The molecule has 6 heteroatoms. The van der Waals surface area contributed by atoms with Crippen molar-refractivity contribution in [3.63, 3.8) is 0 Å². The van der Waals surface area contributed by atoms with Crippen LogP contribution in [0.2, 0.25) is 0 Å². The Kier molecular flexibility index (Phi) is 4.25. The van der Waals surface area contributed by atoms with E-state index >= 15 is 0 Å². The molecule has 1 amide bonds. The highest BCUT2D eigenvalue weighted by Crippen LogP contribution is 2.50. The molecule has 136 valence electrons. The highest BCUT2D eigenvalue weighted by atomic mass is 16.6. The normalized spacial score (nSPS) is 25.8. The second kappa shape index (κ2) is 6.00. The van der Waals surface area contributed by atoms with Crippen LogP contribution in [0.5, 0.6) is 0 Å². The maximum absolute atomic E-state index is 12.9. The van der Waals surface area contributed by atoms with Crippen molar-refractivity contribution in [2.75, 3.05) is 13.1 Å². The number of amides is 1. The maximum atomic E-state index is 12.9. The monoisotopic (exact) mass is 346 g/mol. The number of carbonyl (C=O) groups excluding carboxylic acids is 2. The topological polar surface area (TPSA) is 79.5 Å². The van der Waals surface area contributed by atoms with E-state index in [1.807, 2.05) is 20.8 Å². The van der Waals surface area contributed by atoms with Crippen molar-refractivity contribution in [2.24, 2.45) is 11.3 Å². The summed E-state index contributed by atoms with van der Waals surface area (Å²) >= 11 is 0. The summed E-state index contributed by atoms with van der Waals surface area (Å²) < 4.78 is 5.65. The average molecular weight is 346 g/mol. The predicted octanol–water partition coefficient (Wildman–Crippen LogP) is 2.27. The molecule has 1 aliphatic carbocycles. The van der Waals surface area contributed by atoms with Crippen molar-refractivity contribution in [3.05, 3.63) is 33.7 Å². The second-order valence-electron chi connectivity index (χ2n) is 8.33. The molecular formula is C19H26N2O4. The van der Waals surface area contributed by atoms with Gasteiger partial charge in [0.2, 0.25) is 0 Å². The number of hydrogen-bond acceptors (Lipinski definition) is 4. The molecule has 1 N–H and O–H groups in total. The van der Waals surface area contributed by atoms with Gasteiger partial charge in [0.15, 0.2) is 5.43 Å². The smallest absolute Gasteiger partial charge is 0.314 e. The molecule has 1 saturated heterocycles. The van der Waals surface area contributed by atoms with E-state index in [4.69, 9.17) is 4.74 Å². The largest absolute Gasteiger partial charge is 0.459 e. The number of carbonyl (C=O) groups is 2. The number of aryl methyl sites for hydroxylation is 1. The van der Waals surface area contributed by atoms with Crippen LogP contribution in [0, 0.1) is 18.3 Å². The first-order valence-corrected chi connectivity index (χ1v) is 8.84. The maximum Gasteiger partial charge on any atom is 0.314 e. The van der Waals surface area contributed by atoms with E-state index in [9.17, 15) is 14.4 Å². The van der Waals surface area contributed by atoms with Gasteiger partial charge in [-0.05, 0) is 46.5 Å². The lowest BCUT2D eigenvalue weighted by molar-refractivity contribution is -0.168. The number of nitrogens with zero attached hydrogens (tertiary/aromatic N) is 1. The van der Waals surface area contributed by atoms with Crippen LogP contribution in [0.4, 0.5) is 0 Å². The molecule has 2 atom stereocenters. The zero-order valence-electron chi connectivity index (χ0n) is 15.3. The molecule has 6 nitrogen and oxygen atoms in total. The molecule has 2 aliphatic rings. The van der Waals surface area contributed by atoms with Crippen molar-refractivity contribution >= 4 is 11.9 Å². The summed E-state index contributed by atoms with van der Waals surface area (Å²) in [6, 6.07) is 1.42. The van der Waals surface area contributed by atoms with Gasteiger partial charge in [-0.15, -0.1) is 0 Å². The highest BCUT2D eigenvalue weighted by Gasteiger charge is 2.57. The fraction of sp³-hybridized carbons (Fsp3) is 0.632. The van der Waals surface area contributed by atoms with E-state index in [1.165, 1.54) is 12.3 Å². The zero-order valence-corrected chi connectivity index (χ0v) is 15.3. The van der Waals surface area contributed by atoms with Crippen LogP contribution < -0.4 is 5.43 Å². The number of aromatic nitrogens is 1. The van der Waals surface area contributed by atoms with E-state index in [0.717, 1.165) is 19.3 Å². The summed E-state index contributed by atoms with van der Waals surface area (Å²) in [7, 11) is 0. The zero-order chi connectivity index (χ0) is 18.4. The second-order valence-corrected chi connectivity index (χ2v) is 8.33. The molecule has 1 aliphatic heterocycles. The first-order valence-electron chi connectivity index (χ1n) is 8.84. The Hall–Kier alpha value is -2.11. The first-order chi connectivity index (χ1) is 11.6. The minimum absolute atomic E-state index is 0.107. The van der Waals surface area contributed by atoms with Crippen LogP contribution in [0.25, 0.3) is 0 Å². The Balaban J connectivity index is 1.84. The van der Waals surface area contributed by atoms with E-state index in [0.29, 0.717) is 18.8 Å². The van der Waals surface area contributed by atoms with Crippen molar-refractivity contribution < 1.29 is 14.3 Å². The summed E-state index contributed by atoms with van der Waals surface area (Å²) in [5.41, 5.74) is -0.620. The molecule has 1 saturated carbocycles. The van der Waals surface area contributed by atoms with Crippen molar-refractivity contribution in [2.45, 2.75) is 52.6 Å². The number of rotatable bonds is 2. The average Bonchev–Trinajstić information content (AvgIpc) is 3.02. The van der Waals surface area contributed by atoms with Gasteiger partial charge in [0.05, 0.1) is 5.41 Å². The molecule has 2 fully saturated rings. The van der Waals surface area contributed by atoms with Gasteiger partial charge in [-0.25, -0.2) is 0 Å². The summed E-state index contributed by atoms with van der Waals surface area (Å²) in [6.45, 7) is 8.18. The predicted molar refractivity (Wildman–Crippen MR) is 93.3 cm³/mol. The lowest BCUT2D eigenvalue weighted by Gasteiger charge is -2.31. The van der Waals surface area contributed by atoms with Gasteiger partial charge < -0.3 is 14.6 Å². The van der Waals surface area contributed by atoms with Gasteiger partial charge >= 0.3 is 5.97 Å². The fourth-order valence-corrected chi connectivity index (χ4v) is 4.07. The van der Waals surface area contributed by atoms with E-state index in [-0.39, 0.29) is 28.8 Å². The Morgan fingerprint density at radius 2 is 2.08 bits per heavy atom. The summed E-state index contributed by atoms with van der Waals surface area (Å²) in [5.74, 6) is -0.412. The molecular weight excluding hydrogens is 320 g/mol. The number of ether oxygens (including phenoxy) is 1. The van der Waals surface area contributed by atoms with Crippen LogP contribution in [-0.4, -0.2) is 40.5 Å². The Morgan fingerprint density at radius 3 is 2.72 bits per heavy atom. The van der Waals surface area contributed by atoms with Crippen LogP contribution in [0.15, 0.2) is 17.1 Å². The molecule has 0 bridgehead atoms. The molecule has 1 aromatic rings. The van der Waals surface area contributed by atoms with Crippen molar-refractivity contribution in [3.8, 4) is 0 Å². The third-order valence-electron chi connectivity index (χ3n) is 5.25. The standard InChI is InChI=1S/C19H26N2O4/c1-12-8-15(22)14(9-20-12)16(23)21-10-13-6-5-7-19(13,11-21)17(24)25-18(2,3)4/h8-9,13H,5-7,10-11H2,1-4H3,(H,20,22)/t13-,19+/m0/s1. The minimum Gasteiger partial charge on any atom is -0.459 e. The number of fused-ring (bicyclic) bond motifs is 1. The van der Waals surface area contributed by atoms with Gasteiger partial charge in [0.1, 0.15) is 11.2 Å². The van der Waals surface area contributed by atoms with Gasteiger partial charge in [-0.2, -0.15) is 0 Å². The van der Waals surface area contributed by atoms with Crippen LogP contribution in [0.3, 0.4) is 0 Å². The van der Waals surface area contributed by atoms with Gasteiger partial charge in [-0.1, -0.05) is 6.42 Å². The number of aromatic amines is 1. The lowest BCUT2D eigenvalue weighted by Crippen LogP contribution is -2.42. The number of nitrogens with one attached hydrogen (secondary N) is 1. The first kappa shape index (κ1) is 17.7. The lowest BCUT2D eigenvalue weighted by atomic mass is 9.80. The molecule has 0 spiro atoms. The quantitative estimate of drug-likeness (QED) is 0.833. The number of pyridine rings is 1. The fourth-order valence-electron chi connectivity index (χ4n) is 4.07. The number of H-pyrrole nitrogens is 1. The molecule has 0 unspecified atom stereocenters. The van der Waals surface area contributed by atoms with Crippen LogP contribution >= 0.6 is 0 Å². The summed E-state index contributed by atoms with van der Waals surface area (Å²) in [4.78, 5) is 42.4. The third kappa shape index (κ3) is 3.22. The van der Waals surface area contributed by atoms with Crippen molar-refractivity contribution in [1.82, 2.24) is 9.88 Å². The molecule has 25 heavy (non-hydrogen) atoms. The molecule has 0 aromatic carbocycles. The SMILES string of the molecule is Cc1cc(=O)c(C(=O)N2C[C@@H]3CCC[C@@]3(C(=O)OC(C)(C)C)C2)c[nH]1. The van der Waals surface area contributed by atoms with Crippen LogP contribution in [0.1, 0.15) is 56.1 Å². The van der Waals surface area contributed by atoms with Gasteiger partial charge in [0.25, 0.3) is 5.91 Å². The number of esters is 1. The van der Waals surface area contributed by atoms with Gasteiger partial charge in [0, 0.05) is 31.0 Å². The Bertz CT molecular complexity index is 761. The number of likely N-dealkylation sites (tertiary alicyclic amines) is 1. The Labute approximate surface area is 147 Å². The molecule has 0 radical (unpaired) electrons. The number of hydrogen-bond donors (Lipinski definition) is 1. The van der Waals surface area contributed by atoms with Crippen molar-refractivity contribution in [1.29, 1.82) is 0 Å². The molecule has 3 rings (SSSR count). The molecule has 1 aromatic heterocycles. The van der Waals surface area contributed by atoms with E-state index in [1.54, 1.807) is 11.8 Å². The minimum atomic E-state index is -0.625. The summed E-state index contributed by atoms with van der Waals surface area (Å²) in [5, 5.41) is 0. The Morgan fingerprint density at radius 1 is 1.36 bits per heavy atom. The molecule has 2 heterocycles. The third-order valence-corrected chi connectivity index (χ3v) is 5.25. The van der Waals surface area contributed by atoms with Crippen LogP contribution in [-0.2, 0) is 9.53 Å².